The van der Waals surface area contributed by atoms with Crippen LogP contribution in [0.15, 0.2) is 29.1 Å². The minimum absolute atomic E-state index is 0.484. The molecule has 72 valence electrons. The molecule has 0 saturated heterocycles. The maximum atomic E-state index is 5.70. The van der Waals surface area contributed by atoms with Gasteiger partial charge in [-0.3, -0.25) is 0 Å². The molecule has 14 heavy (non-hydrogen) atoms. The lowest BCUT2D eigenvalue weighted by molar-refractivity contribution is 0.659. The van der Waals surface area contributed by atoms with Gasteiger partial charge in [-0.05, 0) is 22.0 Å². The van der Waals surface area contributed by atoms with E-state index >= 15 is 0 Å². The second-order valence-electron chi connectivity index (χ2n) is 2.71. The van der Waals surface area contributed by atoms with Crippen molar-refractivity contribution in [3.05, 3.63) is 35.0 Å². The maximum Gasteiger partial charge on any atom is 0.149 e. The minimum Gasteiger partial charge on any atom is -0.384 e. The first kappa shape index (κ1) is 9.14. The molecular formula is C8H8BrN5. The monoisotopic (exact) mass is 253 g/mol. The van der Waals surface area contributed by atoms with Gasteiger partial charge in [-0.25, -0.2) is 14.6 Å². The molecule has 2 N–H and O–H groups in total. The average Bonchev–Trinajstić information content (AvgIpc) is 2.47. The lowest BCUT2D eigenvalue weighted by atomic mass is 10.5. The molecule has 0 aromatic carbocycles. The molecule has 5 nitrogen and oxygen atoms in total. The molecule has 2 heterocycles. The zero-order valence-corrected chi connectivity index (χ0v) is 8.85. The minimum atomic E-state index is 0.484. The number of nitrogens with zero attached hydrogens (tertiary/aromatic N) is 4. The summed E-state index contributed by atoms with van der Waals surface area (Å²) in [5, 5.41) is 4.13. The summed E-state index contributed by atoms with van der Waals surface area (Å²) in [7, 11) is 0. The molecule has 2 rings (SSSR count). The first-order chi connectivity index (χ1) is 6.75. The summed E-state index contributed by atoms with van der Waals surface area (Å²) in [5.74, 6) is 1.28. The van der Waals surface area contributed by atoms with Crippen molar-refractivity contribution in [2.75, 3.05) is 5.73 Å². The molecule has 0 unspecified atom stereocenters. The molecule has 2 aromatic rings. The van der Waals surface area contributed by atoms with Crippen molar-refractivity contribution in [1.29, 1.82) is 0 Å². The van der Waals surface area contributed by atoms with Gasteiger partial charge in [0.05, 0.1) is 0 Å². The van der Waals surface area contributed by atoms with Crippen LogP contribution in [-0.2, 0) is 6.54 Å². The maximum absolute atomic E-state index is 5.70. The lowest BCUT2D eigenvalue weighted by Gasteiger charge is -2.01. The molecule has 0 atom stereocenters. The molecule has 0 aliphatic carbocycles. The summed E-state index contributed by atoms with van der Waals surface area (Å²) in [6.45, 7) is 0.484. The Morgan fingerprint density at radius 2 is 2.07 bits per heavy atom. The Labute approximate surface area is 89.1 Å². The fraction of sp³-hybridized carbons (Fsp3) is 0.125. The van der Waals surface area contributed by atoms with Crippen molar-refractivity contribution in [3.63, 3.8) is 0 Å². The van der Waals surface area contributed by atoms with E-state index in [0.717, 1.165) is 0 Å². The van der Waals surface area contributed by atoms with Crippen LogP contribution < -0.4 is 5.73 Å². The van der Waals surface area contributed by atoms with Crippen molar-refractivity contribution in [2.24, 2.45) is 0 Å². The highest BCUT2D eigenvalue weighted by Gasteiger charge is 2.04. The van der Waals surface area contributed by atoms with Crippen LogP contribution in [-0.4, -0.2) is 19.7 Å². The molecule has 0 aliphatic rings. The van der Waals surface area contributed by atoms with E-state index in [-0.39, 0.29) is 0 Å². The van der Waals surface area contributed by atoms with Gasteiger partial charge >= 0.3 is 0 Å². The van der Waals surface area contributed by atoms with Crippen LogP contribution in [0.5, 0.6) is 0 Å². The van der Waals surface area contributed by atoms with E-state index in [1.807, 2.05) is 0 Å². The summed E-state index contributed by atoms with van der Waals surface area (Å²) in [6, 6.07) is 3.51. The Kier molecular flexibility index (Phi) is 2.45. The summed E-state index contributed by atoms with van der Waals surface area (Å²) in [4.78, 5) is 8.16. The fourth-order valence-electron chi connectivity index (χ4n) is 1.07. The van der Waals surface area contributed by atoms with Crippen molar-refractivity contribution < 1.29 is 0 Å². The number of nitrogens with two attached hydrogens (primary N) is 1. The van der Waals surface area contributed by atoms with Crippen molar-refractivity contribution >= 4 is 21.7 Å². The molecule has 0 saturated carbocycles. The van der Waals surface area contributed by atoms with Crippen molar-refractivity contribution in [2.45, 2.75) is 6.54 Å². The zero-order valence-electron chi connectivity index (χ0n) is 7.26. The van der Waals surface area contributed by atoms with Gasteiger partial charge in [0, 0.05) is 18.5 Å². The third kappa shape index (κ3) is 1.90. The predicted octanol–water partition coefficient (Wildman–Crippen LogP) is 1.07. The number of aromatic nitrogens is 4. The first-order valence-electron chi connectivity index (χ1n) is 4.00. The second kappa shape index (κ2) is 3.75. The predicted molar refractivity (Wildman–Crippen MR) is 55.5 cm³/mol. The number of anilines is 1. The second-order valence-corrected chi connectivity index (χ2v) is 3.53. The summed E-state index contributed by atoms with van der Waals surface area (Å²) in [5.41, 5.74) is 5.70. The zero-order chi connectivity index (χ0) is 9.97. The van der Waals surface area contributed by atoms with Crippen LogP contribution in [0, 0.1) is 0 Å². The first-order valence-corrected chi connectivity index (χ1v) is 4.80. The van der Waals surface area contributed by atoms with Gasteiger partial charge in [0.25, 0.3) is 0 Å². The van der Waals surface area contributed by atoms with Gasteiger partial charge in [0.15, 0.2) is 0 Å². The van der Waals surface area contributed by atoms with E-state index < -0.39 is 0 Å². The normalized spacial score (nSPS) is 10.4. The van der Waals surface area contributed by atoms with Gasteiger partial charge < -0.3 is 5.73 Å². The molecule has 0 bridgehead atoms. The van der Waals surface area contributed by atoms with E-state index in [9.17, 15) is 0 Å². The average molecular weight is 254 g/mol. The van der Waals surface area contributed by atoms with E-state index in [1.165, 1.54) is 0 Å². The van der Waals surface area contributed by atoms with Crippen LogP contribution in [0.2, 0.25) is 0 Å². The molecule has 0 aliphatic heterocycles. The van der Waals surface area contributed by atoms with Crippen molar-refractivity contribution in [1.82, 2.24) is 19.7 Å². The molecule has 0 radical (unpaired) electrons. The molecule has 6 heteroatoms. The quantitative estimate of drug-likeness (QED) is 0.870. The van der Waals surface area contributed by atoms with Crippen LogP contribution in [0.25, 0.3) is 0 Å². The van der Waals surface area contributed by atoms with Gasteiger partial charge in [-0.15, -0.1) is 0 Å². The molecule has 0 amide bonds. The highest BCUT2D eigenvalue weighted by Crippen LogP contribution is 2.12. The molecular weight excluding hydrogens is 246 g/mol. The standard InChI is InChI=1S/C8H8BrN5/c9-6-4-7(10)14(13-6)5-8-11-2-1-3-12-8/h1-4H,5,10H2. The Balaban J connectivity index is 2.23. The largest absolute Gasteiger partial charge is 0.384 e. The SMILES string of the molecule is Nc1cc(Br)nn1Cc1ncccn1. The van der Waals surface area contributed by atoms with Gasteiger partial charge in [0.2, 0.25) is 0 Å². The summed E-state index contributed by atoms with van der Waals surface area (Å²) >= 11 is 3.24. The topological polar surface area (TPSA) is 69.6 Å². The van der Waals surface area contributed by atoms with Gasteiger partial charge in [-0.2, -0.15) is 5.10 Å². The van der Waals surface area contributed by atoms with E-state index in [1.54, 1.807) is 29.2 Å². The molecule has 0 spiro atoms. The summed E-state index contributed by atoms with van der Waals surface area (Å²) < 4.78 is 2.35. The Morgan fingerprint density at radius 1 is 1.36 bits per heavy atom. The van der Waals surface area contributed by atoms with Gasteiger partial charge in [0.1, 0.15) is 22.8 Å². The fourth-order valence-corrected chi connectivity index (χ4v) is 1.50. The Morgan fingerprint density at radius 3 is 2.64 bits per heavy atom. The molecule has 0 fully saturated rings. The third-order valence-electron chi connectivity index (χ3n) is 1.69. The number of halogens is 1. The third-order valence-corrected chi connectivity index (χ3v) is 2.08. The van der Waals surface area contributed by atoms with Crippen LogP contribution in [0.1, 0.15) is 5.82 Å². The Hall–Kier alpha value is -1.43. The highest BCUT2D eigenvalue weighted by molar-refractivity contribution is 9.10. The number of rotatable bonds is 2. The van der Waals surface area contributed by atoms with Crippen LogP contribution in [0.3, 0.4) is 0 Å². The van der Waals surface area contributed by atoms with E-state index in [4.69, 9.17) is 5.73 Å². The van der Waals surface area contributed by atoms with E-state index in [2.05, 4.69) is 31.0 Å². The summed E-state index contributed by atoms with van der Waals surface area (Å²) in [6.07, 6.45) is 3.38. The smallest absolute Gasteiger partial charge is 0.149 e. The molecule has 2 aromatic heterocycles. The number of nitrogen functional groups attached to an aromatic ring is 1. The van der Waals surface area contributed by atoms with E-state index in [0.29, 0.717) is 22.8 Å². The van der Waals surface area contributed by atoms with Crippen LogP contribution >= 0.6 is 15.9 Å². The lowest BCUT2D eigenvalue weighted by Crippen LogP contribution is -2.08. The van der Waals surface area contributed by atoms with Gasteiger partial charge in [-0.1, -0.05) is 0 Å². The van der Waals surface area contributed by atoms with Crippen molar-refractivity contribution in [3.8, 4) is 0 Å². The Bertz CT molecular complexity index is 425. The highest BCUT2D eigenvalue weighted by atomic mass is 79.9. The number of hydrogen-bond donors (Lipinski definition) is 1. The van der Waals surface area contributed by atoms with Crippen LogP contribution in [0.4, 0.5) is 5.82 Å². The number of hydrogen-bond acceptors (Lipinski definition) is 4.